The molecule has 1 heterocycles. The summed E-state index contributed by atoms with van der Waals surface area (Å²) in [5, 5.41) is 3.29. The van der Waals surface area contributed by atoms with Crippen LogP contribution in [0.15, 0.2) is 91.3 Å². The number of nitrogens with zero attached hydrogens (tertiary/aromatic N) is 3. The topological polar surface area (TPSA) is 76.3 Å². The number of para-hydroxylation sites is 2. The molecule has 31 heavy (non-hydrogen) atoms. The van der Waals surface area contributed by atoms with Crippen LogP contribution in [-0.2, 0) is 13.1 Å². The molecule has 0 bridgehead atoms. The average molecular weight is 412 g/mol. The van der Waals surface area contributed by atoms with Gasteiger partial charge in [0, 0.05) is 13.1 Å². The van der Waals surface area contributed by atoms with Crippen LogP contribution in [0, 0.1) is 0 Å². The Labute approximate surface area is 182 Å². The zero-order valence-corrected chi connectivity index (χ0v) is 17.4. The number of methoxy groups -OCH3 is 1. The van der Waals surface area contributed by atoms with Crippen molar-refractivity contribution in [2.24, 2.45) is 0 Å². The monoisotopic (exact) mass is 411 g/mol. The Kier molecular flexibility index (Phi) is 6.28. The van der Waals surface area contributed by atoms with Crippen LogP contribution in [0.4, 0.5) is 23.0 Å². The third-order valence-electron chi connectivity index (χ3n) is 4.95. The molecule has 0 unspecified atom stereocenters. The lowest BCUT2D eigenvalue weighted by molar-refractivity contribution is 0.417. The number of aromatic nitrogens is 2. The highest BCUT2D eigenvalue weighted by atomic mass is 16.5. The van der Waals surface area contributed by atoms with Crippen molar-refractivity contribution in [3.63, 3.8) is 0 Å². The summed E-state index contributed by atoms with van der Waals surface area (Å²) in [6, 6.07) is 28.2. The zero-order valence-electron chi connectivity index (χ0n) is 17.4. The minimum absolute atomic E-state index is 0.486. The molecule has 0 aliphatic carbocycles. The molecule has 1 aromatic heterocycles. The van der Waals surface area contributed by atoms with Crippen LogP contribution < -0.4 is 20.7 Å². The highest BCUT2D eigenvalue weighted by Gasteiger charge is 2.17. The Bertz CT molecular complexity index is 1080. The molecule has 0 aliphatic rings. The molecule has 0 atom stereocenters. The molecule has 0 fully saturated rings. The van der Waals surface area contributed by atoms with Gasteiger partial charge in [0.2, 0.25) is 0 Å². The smallest absolute Gasteiger partial charge is 0.159 e. The molecule has 4 aromatic rings. The second kappa shape index (κ2) is 9.63. The number of nitrogen functional groups attached to an aromatic ring is 1. The molecule has 4 rings (SSSR count). The van der Waals surface area contributed by atoms with E-state index in [2.05, 4.69) is 44.5 Å². The fourth-order valence-electron chi connectivity index (χ4n) is 3.43. The van der Waals surface area contributed by atoms with E-state index in [-0.39, 0.29) is 0 Å². The van der Waals surface area contributed by atoms with Gasteiger partial charge in [-0.1, -0.05) is 72.8 Å². The predicted octanol–water partition coefficient (Wildman–Crippen LogP) is 5.02. The standard InChI is InChI=1S/C25H25N5O/c1-31-22-15-9-8-14-21(22)29-24-23(26)25(28-18-27-24)30(16-19-10-4-2-5-11-19)17-20-12-6-3-7-13-20/h2-15,18H,16-17,26H2,1H3,(H,27,28,29). The van der Waals surface area contributed by atoms with E-state index in [1.165, 1.54) is 17.5 Å². The molecular weight excluding hydrogens is 386 g/mol. The van der Waals surface area contributed by atoms with E-state index < -0.39 is 0 Å². The number of rotatable bonds is 8. The van der Waals surface area contributed by atoms with Crippen LogP contribution in [-0.4, -0.2) is 17.1 Å². The third kappa shape index (κ3) is 4.93. The van der Waals surface area contributed by atoms with E-state index in [0.29, 0.717) is 36.2 Å². The number of anilines is 4. The van der Waals surface area contributed by atoms with Crippen LogP contribution in [0.2, 0.25) is 0 Å². The molecule has 3 N–H and O–H groups in total. The number of hydrogen-bond acceptors (Lipinski definition) is 6. The van der Waals surface area contributed by atoms with Gasteiger partial charge in [-0.05, 0) is 23.3 Å². The minimum Gasteiger partial charge on any atom is -0.495 e. The molecule has 156 valence electrons. The van der Waals surface area contributed by atoms with Crippen molar-refractivity contribution in [2.45, 2.75) is 13.1 Å². The van der Waals surface area contributed by atoms with Crippen molar-refractivity contribution in [1.29, 1.82) is 0 Å². The Morgan fingerprint density at radius 3 is 2.00 bits per heavy atom. The SMILES string of the molecule is COc1ccccc1Nc1ncnc(N(Cc2ccccc2)Cc2ccccc2)c1N. The molecule has 0 spiro atoms. The highest BCUT2D eigenvalue weighted by Crippen LogP contribution is 2.33. The highest BCUT2D eigenvalue weighted by molar-refractivity contribution is 5.79. The van der Waals surface area contributed by atoms with Crippen molar-refractivity contribution >= 4 is 23.0 Å². The summed E-state index contributed by atoms with van der Waals surface area (Å²) in [6.45, 7) is 1.34. The van der Waals surface area contributed by atoms with Gasteiger partial charge >= 0.3 is 0 Å². The predicted molar refractivity (Wildman–Crippen MR) is 125 cm³/mol. The Morgan fingerprint density at radius 1 is 0.806 bits per heavy atom. The van der Waals surface area contributed by atoms with Gasteiger partial charge in [-0.2, -0.15) is 0 Å². The average Bonchev–Trinajstić information content (AvgIpc) is 2.82. The van der Waals surface area contributed by atoms with Crippen LogP contribution in [0.5, 0.6) is 5.75 Å². The van der Waals surface area contributed by atoms with Gasteiger partial charge in [-0.3, -0.25) is 0 Å². The van der Waals surface area contributed by atoms with Gasteiger partial charge in [-0.25, -0.2) is 9.97 Å². The van der Waals surface area contributed by atoms with E-state index in [1.54, 1.807) is 7.11 Å². The van der Waals surface area contributed by atoms with Crippen LogP contribution in [0.1, 0.15) is 11.1 Å². The summed E-state index contributed by atoms with van der Waals surface area (Å²) < 4.78 is 5.44. The van der Waals surface area contributed by atoms with Crippen molar-refractivity contribution in [1.82, 2.24) is 9.97 Å². The summed E-state index contributed by atoms with van der Waals surface area (Å²) in [6.07, 6.45) is 1.53. The van der Waals surface area contributed by atoms with E-state index in [1.807, 2.05) is 60.7 Å². The summed E-state index contributed by atoms with van der Waals surface area (Å²) in [4.78, 5) is 11.1. The largest absolute Gasteiger partial charge is 0.495 e. The van der Waals surface area contributed by atoms with Gasteiger partial charge in [0.15, 0.2) is 11.6 Å². The lowest BCUT2D eigenvalue weighted by atomic mass is 10.1. The number of ether oxygens (including phenoxy) is 1. The molecule has 0 aliphatic heterocycles. The van der Waals surface area contributed by atoms with Crippen LogP contribution in [0.25, 0.3) is 0 Å². The third-order valence-corrected chi connectivity index (χ3v) is 4.95. The molecule has 6 nitrogen and oxygen atoms in total. The summed E-state index contributed by atoms with van der Waals surface area (Å²) in [5.74, 6) is 1.94. The summed E-state index contributed by atoms with van der Waals surface area (Å²) >= 11 is 0. The first-order valence-electron chi connectivity index (χ1n) is 10.1. The second-order valence-corrected chi connectivity index (χ2v) is 7.11. The van der Waals surface area contributed by atoms with E-state index in [9.17, 15) is 0 Å². The van der Waals surface area contributed by atoms with E-state index in [4.69, 9.17) is 10.5 Å². The number of nitrogens with two attached hydrogens (primary N) is 1. The van der Waals surface area contributed by atoms with Gasteiger partial charge in [0.25, 0.3) is 0 Å². The lowest BCUT2D eigenvalue weighted by Gasteiger charge is -2.26. The van der Waals surface area contributed by atoms with Crippen molar-refractivity contribution in [3.05, 3.63) is 102 Å². The fraction of sp³-hybridized carbons (Fsp3) is 0.120. The Morgan fingerprint density at radius 2 is 1.39 bits per heavy atom. The van der Waals surface area contributed by atoms with E-state index >= 15 is 0 Å². The Balaban J connectivity index is 1.68. The maximum Gasteiger partial charge on any atom is 0.159 e. The molecular formula is C25H25N5O. The summed E-state index contributed by atoms with van der Waals surface area (Å²) in [5.41, 5.74) is 10.2. The number of hydrogen-bond donors (Lipinski definition) is 2. The molecule has 0 saturated carbocycles. The normalized spacial score (nSPS) is 10.5. The van der Waals surface area contributed by atoms with Gasteiger partial charge in [0.05, 0.1) is 12.8 Å². The first kappa shape index (κ1) is 20.2. The molecule has 0 saturated heterocycles. The summed E-state index contributed by atoms with van der Waals surface area (Å²) in [7, 11) is 1.64. The maximum absolute atomic E-state index is 6.56. The molecule has 3 aromatic carbocycles. The number of benzene rings is 3. The van der Waals surface area contributed by atoms with Crippen LogP contribution >= 0.6 is 0 Å². The molecule has 0 radical (unpaired) electrons. The van der Waals surface area contributed by atoms with Crippen LogP contribution in [0.3, 0.4) is 0 Å². The molecule has 6 heteroatoms. The number of nitrogens with one attached hydrogen (secondary N) is 1. The van der Waals surface area contributed by atoms with E-state index in [0.717, 1.165) is 5.69 Å². The first-order chi connectivity index (χ1) is 15.2. The quantitative estimate of drug-likeness (QED) is 0.424. The molecule has 0 amide bonds. The van der Waals surface area contributed by atoms with Gasteiger partial charge < -0.3 is 20.7 Å². The van der Waals surface area contributed by atoms with Crippen molar-refractivity contribution < 1.29 is 4.74 Å². The second-order valence-electron chi connectivity index (χ2n) is 7.11. The van der Waals surface area contributed by atoms with Crippen molar-refractivity contribution in [2.75, 3.05) is 23.1 Å². The van der Waals surface area contributed by atoms with Crippen molar-refractivity contribution in [3.8, 4) is 5.75 Å². The minimum atomic E-state index is 0.486. The Hall–Kier alpha value is -4.06. The maximum atomic E-state index is 6.56. The lowest BCUT2D eigenvalue weighted by Crippen LogP contribution is -2.24. The van der Waals surface area contributed by atoms with Gasteiger partial charge in [-0.15, -0.1) is 0 Å². The zero-order chi connectivity index (χ0) is 21.5. The first-order valence-corrected chi connectivity index (χ1v) is 10.1. The van der Waals surface area contributed by atoms with Gasteiger partial charge in [0.1, 0.15) is 17.8 Å². The fourth-order valence-corrected chi connectivity index (χ4v) is 3.43.